The van der Waals surface area contributed by atoms with E-state index in [4.69, 9.17) is 9.47 Å². The zero-order valence-electron chi connectivity index (χ0n) is 9.48. The topological polar surface area (TPSA) is 30.5 Å². The molecule has 0 bridgehead atoms. The van der Waals surface area contributed by atoms with Crippen molar-refractivity contribution in [3.05, 3.63) is 24.3 Å². The van der Waals surface area contributed by atoms with Crippen molar-refractivity contribution >= 4 is 24.8 Å². The maximum Gasteiger partial charge on any atom is 0.162 e. The summed E-state index contributed by atoms with van der Waals surface area (Å²) in [5, 5.41) is 3.34. The third-order valence-corrected chi connectivity index (χ3v) is 3.18. The number of benzene rings is 1. The number of piperidine rings is 1. The fourth-order valence-corrected chi connectivity index (χ4v) is 2.25. The summed E-state index contributed by atoms with van der Waals surface area (Å²) in [5.41, 5.74) is -0.0837. The van der Waals surface area contributed by atoms with Gasteiger partial charge >= 0.3 is 0 Å². The zero-order chi connectivity index (χ0) is 10.1. The number of hydrogen-bond acceptors (Lipinski definition) is 3. The Morgan fingerprint density at radius 1 is 1.00 bits per heavy atom. The molecule has 0 amide bonds. The largest absolute Gasteiger partial charge is 0.486 e. The molecule has 5 heteroatoms. The molecule has 0 aliphatic carbocycles. The molecule has 0 saturated carbocycles. The molecular formula is C12H17Cl2NO2. The first-order valence-corrected chi connectivity index (χ1v) is 5.50. The summed E-state index contributed by atoms with van der Waals surface area (Å²) in [6.45, 7) is 2.72. The van der Waals surface area contributed by atoms with E-state index in [1.807, 2.05) is 24.3 Å². The van der Waals surface area contributed by atoms with Crippen LogP contribution in [0.4, 0.5) is 0 Å². The molecule has 0 aromatic heterocycles. The third-order valence-electron chi connectivity index (χ3n) is 3.18. The molecule has 0 unspecified atom stereocenters. The highest BCUT2D eigenvalue weighted by Crippen LogP contribution is 2.38. The fraction of sp³-hybridized carbons (Fsp3) is 0.500. The summed E-state index contributed by atoms with van der Waals surface area (Å²) in [4.78, 5) is 0. The molecule has 2 heterocycles. The minimum absolute atomic E-state index is 0. The standard InChI is InChI=1S/C12H15NO2.2ClH/c1-2-4-11-10(3-1)14-9-12(15-11)5-7-13-8-6-12;;/h1-4,13H,5-9H2;2*1H. The van der Waals surface area contributed by atoms with Gasteiger partial charge in [0, 0.05) is 12.8 Å². The number of para-hydroxylation sites is 2. The fourth-order valence-electron chi connectivity index (χ4n) is 2.25. The minimum Gasteiger partial charge on any atom is -0.486 e. The van der Waals surface area contributed by atoms with Crippen molar-refractivity contribution < 1.29 is 9.47 Å². The number of rotatable bonds is 0. The highest BCUT2D eigenvalue weighted by molar-refractivity contribution is 5.85. The molecule has 2 aliphatic heterocycles. The SMILES string of the molecule is Cl.Cl.c1ccc2c(c1)OCC1(CCNCC1)O2. The van der Waals surface area contributed by atoms with Crippen molar-refractivity contribution in [1.82, 2.24) is 5.32 Å². The van der Waals surface area contributed by atoms with Gasteiger partial charge in [0.1, 0.15) is 12.2 Å². The van der Waals surface area contributed by atoms with Crippen LogP contribution in [-0.2, 0) is 0 Å². The van der Waals surface area contributed by atoms with Gasteiger partial charge in [-0.1, -0.05) is 12.1 Å². The predicted octanol–water partition coefficient (Wildman–Crippen LogP) is 2.42. The monoisotopic (exact) mass is 277 g/mol. The molecule has 1 spiro atoms. The molecule has 2 aliphatic rings. The van der Waals surface area contributed by atoms with Crippen molar-refractivity contribution in [2.45, 2.75) is 18.4 Å². The van der Waals surface area contributed by atoms with Crippen LogP contribution in [0, 0.1) is 0 Å². The molecule has 96 valence electrons. The van der Waals surface area contributed by atoms with Gasteiger partial charge in [-0.2, -0.15) is 0 Å². The van der Waals surface area contributed by atoms with Crippen LogP contribution in [-0.4, -0.2) is 25.3 Å². The van der Waals surface area contributed by atoms with E-state index in [2.05, 4.69) is 5.32 Å². The highest BCUT2D eigenvalue weighted by Gasteiger charge is 2.38. The summed E-state index contributed by atoms with van der Waals surface area (Å²) in [7, 11) is 0. The molecular weight excluding hydrogens is 261 g/mol. The lowest BCUT2D eigenvalue weighted by Crippen LogP contribution is -2.51. The number of hydrogen-bond donors (Lipinski definition) is 1. The molecule has 3 rings (SSSR count). The van der Waals surface area contributed by atoms with Crippen LogP contribution in [0.25, 0.3) is 0 Å². The highest BCUT2D eigenvalue weighted by atomic mass is 35.5. The van der Waals surface area contributed by atoms with Crippen LogP contribution in [0.3, 0.4) is 0 Å². The first-order valence-electron chi connectivity index (χ1n) is 5.50. The minimum atomic E-state index is -0.0837. The van der Waals surface area contributed by atoms with Crippen molar-refractivity contribution in [3.63, 3.8) is 0 Å². The summed E-state index contributed by atoms with van der Waals surface area (Å²) in [5.74, 6) is 1.77. The van der Waals surface area contributed by atoms with Gasteiger partial charge in [-0.3, -0.25) is 0 Å². The van der Waals surface area contributed by atoms with Crippen molar-refractivity contribution in [1.29, 1.82) is 0 Å². The van der Waals surface area contributed by atoms with E-state index in [1.54, 1.807) is 0 Å². The van der Waals surface area contributed by atoms with Crippen LogP contribution in [0.5, 0.6) is 11.5 Å². The second-order valence-electron chi connectivity index (χ2n) is 4.27. The zero-order valence-corrected chi connectivity index (χ0v) is 11.1. The quantitative estimate of drug-likeness (QED) is 0.790. The van der Waals surface area contributed by atoms with Gasteiger partial charge in [-0.25, -0.2) is 0 Å². The van der Waals surface area contributed by atoms with Crippen LogP contribution in [0.1, 0.15) is 12.8 Å². The van der Waals surface area contributed by atoms with E-state index in [0.29, 0.717) is 6.61 Å². The van der Waals surface area contributed by atoms with E-state index in [1.165, 1.54) is 0 Å². The maximum atomic E-state index is 6.10. The van der Waals surface area contributed by atoms with Gasteiger partial charge in [0.15, 0.2) is 11.5 Å². The predicted molar refractivity (Wildman–Crippen MR) is 71.9 cm³/mol. The van der Waals surface area contributed by atoms with Crippen LogP contribution >= 0.6 is 24.8 Å². The number of nitrogens with one attached hydrogen (secondary N) is 1. The lowest BCUT2D eigenvalue weighted by Gasteiger charge is -2.41. The summed E-state index contributed by atoms with van der Waals surface area (Å²) < 4.78 is 11.9. The molecule has 1 N–H and O–H groups in total. The Kier molecular flexibility index (Phi) is 4.92. The molecule has 1 aromatic carbocycles. The van der Waals surface area contributed by atoms with Crippen LogP contribution in [0.15, 0.2) is 24.3 Å². The number of halogens is 2. The van der Waals surface area contributed by atoms with Gasteiger partial charge < -0.3 is 14.8 Å². The second-order valence-corrected chi connectivity index (χ2v) is 4.27. The van der Waals surface area contributed by atoms with Crippen molar-refractivity contribution in [2.24, 2.45) is 0 Å². The second kappa shape index (κ2) is 5.80. The summed E-state index contributed by atoms with van der Waals surface area (Å²) in [6.07, 6.45) is 2.06. The first-order chi connectivity index (χ1) is 7.38. The van der Waals surface area contributed by atoms with E-state index in [0.717, 1.165) is 37.4 Å². The summed E-state index contributed by atoms with van der Waals surface area (Å²) in [6, 6.07) is 7.91. The molecule has 17 heavy (non-hydrogen) atoms. The van der Waals surface area contributed by atoms with E-state index in [-0.39, 0.29) is 30.4 Å². The van der Waals surface area contributed by atoms with E-state index >= 15 is 0 Å². The molecule has 3 nitrogen and oxygen atoms in total. The lowest BCUT2D eigenvalue weighted by atomic mass is 9.92. The Bertz CT molecular complexity index is 367. The third kappa shape index (κ3) is 2.79. The van der Waals surface area contributed by atoms with Gasteiger partial charge in [-0.05, 0) is 25.2 Å². The van der Waals surface area contributed by atoms with Gasteiger partial charge in [-0.15, -0.1) is 24.8 Å². The van der Waals surface area contributed by atoms with Crippen LogP contribution < -0.4 is 14.8 Å². The first kappa shape index (κ1) is 14.4. The van der Waals surface area contributed by atoms with Crippen molar-refractivity contribution in [2.75, 3.05) is 19.7 Å². The van der Waals surface area contributed by atoms with Gasteiger partial charge in [0.05, 0.1) is 0 Å². The average Bonchev–Trinajstić information content (AvgIpc) is 2.30. The Morgan fingerprint density at radius 3 is 2.35 bits per heavy atom. The number of fused-ring (bicyclic) bond motifs is 1. The smallest absolute Gasteiger partial charge is 0.162 e. The van der Waals surface area contributed by atoms with Gasteiger partial charge in [0.25, 0.3) is 0 Å². The number of ether oxygens (including phenoxy) is 2. The Balaban J connectivity index is 0.000000722. The summed E-state index contributed by atoms with van der Waals surface area (Å²) >= 11 is 0. The Morgan fingerprint density at radius 2 is 1.65 bits per heavy atom. The van der Waals surface area contributed by atoms with Gasteiger partial charge in [0.2, 0.25) is 0 Å². The van der Waals surface area contributed by atoms with E-state index < -0.39 is 0 Å². The van der Waals surface area contributed by atoms with Crippen molar-refractivity contribution in [3.8, 4) is 11.5 Å². The molecule has 1 aromatic rings. The Hall–Kier alpha value is -0.640. The van der Waals surface area contributed by atoms with Crippen LogP contribution in [0.2, 0.25) is 0 Å². The van der Waals surface area contributed by atoms with E-state index in [9.17, 15) is 0 Å². The molecule has 1 fully saturated rings. The normalized spacial score (nSPS) is 20.0. The molecule has 1 saturated heterocycles. The Labute approximate surface area is 114 Å². The maximum absolute atomic E-state index is 6.10. The molecule has 0 radical (unpaired) electrons. The molecule has 0 atom stereocenters. The average molecular weight is 278 g/mol. The lowest BCUT2D eigenvalue weighted by molar-refractivity contribution is -0.0302.